The Labute approximate surface area is 174 Å². The zero-order chi connectivity index (χ0) is 21.1. The Morgan fingerprint density at radius 1 is 0.933 bits per heavy atom. The van der Waals surface area contributed by atoms with Crippen LogP contribution in [0.25, 0.3) is 11.0 Å². The summed E-state index contributed by atoms with van der Waals surface area (Å²) in [4.78, 5) is 26.1. The smallest absolute Gasteiger partial charge is 0.256 e. The van der Waals surface area contributed by atoms with E-state index in [4.69, 9.17) is 9.15 Å². The minimum absolute atomic E-state index is 0.0993. The first-order valence-electron chi connectivity index (χ1n) is 9.74. The van der Waals surface area contributed by atoms with Crippen LogP contribution in [0, 0.1) is 6.92 Å². The first-order chi connectivity index (χ1) is 14.6. The summed E-state index contributed by atoms with van der Waals surface area (Å²) in [5.74, 6) is 0.184. The van der Waals surface area contributed by atoms with Crippen molar-refractivity contribution in [2.75, 3.05) is 11.9 Å². The number of hydrogen-bond donors (Lipinski definition) is 1. The molecule has 0 aliphatic rings. The lowest BCUT2D eigenvalue weighted by Gasteiger charge is -2.08. The highest BCUT2D eigenvalue weighted by atomic mass is 16.5. The lowest BCUT2D eigenvalue weighted by atomic mass is 10.1. The molecule has 150 valence electrons. The number of ketones is 1. The van der Waals surface area contributed by atoms with Gasteiger partial charge in [-0.15, -0.1) is 0 Å². The molecule has 5 nitrogen and oxygen atoms in total. The molecule has 4 aromatic rings. The van der Waals surface area contributed by atoms with Crippen LogP contribution in [0.4, 0.5) is 5.69 Å². The van der Waals surface area contributed by atoms with Crippen molar-refractivity contribution < 1.29 is 18.7 Å². The van der Waals surface area contributed by atoms with E-state index < -0.39 is 0 Å². The Kier molecular flexibility index (Phi) is 5.35. The molecular formula is C25H21NO4. The number of amides is 1. The van der Waals surface area contributed by atoms with Crippen molar-refractivity contribution in [2.45, 2.75) is 13.8 Å². The molecule has 0 unspecified atom stereocenters. The van der Waals surface area contributed by atoms with Crippen molar-refractivity contribution in [1.82, 2.24) is 0 Å². The zero-order valence-corrected chi connectivity index (χ0v) is 16.8. The number of anilines is 1. The number of carbonyl (C=O) groups is 2. The summed E-state index contributed by atoms with van der Waals surface area (Å²) in [6, 6.07) is 21.4. The van der Waals surface area contributed by atoms with Gasteiger partial charge in [-0.05, 0) is 61.9 Å². The van der Waals surface area contributed by atoms with Gasteiger partial charge in [0.25, 0.3) is 5.91 Å². The lowest BCUT2D eigenvalue weighted by Crippen LogP contribution is -2.15. The number of ether oxygens (including phenoxy) is 1. The Hall–Kier alpha value is -3.86. The highest BCUT2D eigenvalue weighted by Gasteiger charge is 2.24. The summed E-state index contributed by atoms with van der Waals surface area (Å²) < 4.78 is 11.3. The minimum atomic E-state index is -0.311. The van der Waals surface area contributed by atoms with E-state index in [0.717, 1.165) is 5.56 Å². The van der Waals surface area contributed by atoms with Gasteiger partial charge >= 0.3 is 0 Å². The summed E-state index contributed by atoms with van der Waals surface area (Å²) in [5, 5.41) is 3.57. The number of nitrogens with one attached hydrogen (secondary N) is 1. The van der Waals surface area contributed by atoms with E-state index >= 15 is 0 Å². The van der Waals surface area contributed by atoms with Gasteiger partial charge in [0, 0.05) is 16.5 Å². The second kappa shape index (κ2) is 8.25. The molecule has 30 heavy (non-hydrogen) atoms. The Bertz CT molecular complexity index is 1220. The summed E-state index contributed by atoms with van der Waals surface area (Å²) in [7, 11) is 0. The third-order valence-electron chi connectivity index (χ3n) is 4.86. The van der Waals surface area contributed by atoms with Crippen LogP contribution in [0.15, 0.2) is 77.2 Å². The Balaban J connectivity index is 1.74. The third-order valence-corrected chi connectivity index (χ3v) is 4.86. The zero-order valence-electron chi connectivity index (χ0n) is 16.8. The quantitative estimate of drug-likeness (QED) is 0.427. The molecule has 1 heterocycles. The maximum atomic E-state index is 13.2. The average Bonchev–Trinajstić information content (AvgIpc) is 3.13. The first kappa shape index (κ1) is 19.5. The van der Waals surface area contributed by atoms with Crippen molar-refractivity contribution in [1.29, 1.82) is 0 Å². The number of benzene rings is 3. The SMILES string of the molecule is CCOc1ccc(C(=O)c2oc3ccccc3c2NC(=O)c2ccccc2C)cc1. The van der Waals surface area contributed by atoms with Crippen molar-refractivity contribution in [3.63, 3.8) is 0 Å². The average molecular weight is 399 g/mol. The molecule has 0 fully saturated rings. The van der Waals surface area contributed by atoms with E-state index in [1.807, 2.05) is 44.2 Å². The summed E-state index contributed by atoms with van der Waals surface area (Å²) in [6.45, 7) is 4.32. The first-order valence-corrected chi connectivity index (χ1v) is 9.74. The molecule has 1 aromatic heterocycles. The standard InChI is InChI=1S/C25H21NO4/c1-3-29-18-14-12-17(13-15-18)23(27)24-22(20-10-6-7-11-21(20)30-24)26-25(28)19-9-5-4-8-16(19)2/h4-15H,3H2,1-2H3,(H,26,28). The fourth-order valence-corrected chi connectivity index (χ4v) is 3.34. The molecule has 3 aromatic carbocycles. The molecule has 5 heteroatoms. The van der Waals surface area contributed by atoms with Gasteiger partial charge in [-0.25, -0.2) is 0 Å². The molecular weight excluding hydrogens is 378 g/mol. The molecule has 0 aliphatic heterocycles. The van der Waals surface area contributed by atoms with Gasteiger partial charge in [0.1, 0.15) is 11.3 Å². The van der Waals surface area contributed by atoms with Crippen LogP contribution in [-0.4, -0.2) is 18.3 Å². The number of hydrogen-bond acceptors (Lipinski definition) is 4. The monoisotopic (exact) mass is 399 g/mol. The summed E-state index contributed by atoms with van der Waals surface area (Å²) in [6.07, 6.45) is 0. The number of aryl methyl sites for hydroxylation is 1. The number of para-hydroxylation sites is 1. The van der Waals surface area contributed by atoms with Gasteiger partial charge in [-0.1, -0.05) is 30.3 Å². The second-order valence-electron chi connectivity index (χ2n) is 6.86. The normalized spacial score (nSPS) is 10.7. The van der Waals surface area contributed by atoms with Crippen molar-refractivity contribution in [3.8, 4) is 5.75 Å². The molecule has 1 N–H and O–H groups in total. The minimum Gasteiger partial charge on any atom is -0.494 e. The van der Waals surface area contributed by atoms with E-state index in [0.29, 0.717) is 40.1 Å². The predicted octanol–water partition coefficient (Wildman–Crippen LogP) is 5.62. The van der Waals surface area contributed by atoms with E-state index in [1.54, 1.807) is 42.5 Å². The van der Waals surface area contributed by atoms with Crippen molar-refractivity contribution >= 4 is 28.3 Å². The molecule has 0 bridgehead atoms. The third kappa shape index (κ3) is 3.70. The van der Waals surface area contributed by atoms with Crippen LogP contribution in [0.1, 0.15) is 39.0 Å². The van der Waals surface area contributed by atoms with Crippen LogP contribution in [-0.2, 0) is 0 Å². The molecule has 1 amide bonds. The maximum absolute atomic E-state index is 13.2. The van der Waals surface area contributed by atoms with Gasteiger partial charge in [0.05, 0.1) is 12.3 Å². The topological polar surface area (TPSA) is 68.5 Å². The highest BCUT2D eigenvalue weighted by Crippen LogP contribution is 2.33. The predicted molar refractivity (Wildman–Crippen MR) is 116 cm³/mol. The van der Waals surface area contributed by atoms with E-state index in [2.05, 4.69) is 5.32 Å². The Morgan fingerprint density at radius 2 is 1.63 bits per heavy atom. The van der Waals surface area contributed by atoms with Crippen molar-refractivity contribution in [2.24, 2.45) is 0 Å². The van der Waals surface area contributed by atoms with Crippen LogP contribution in [0.5, 0.6) is 5.75 Å². The fraction of sp³-hybridized carbons (Fsp3) is 0.120. The molecule has 0 spiro atoms. The Morgan fingerprint density at radius 3 is 2.37 bits per heavy atom. The largest absolute Gasteiger partial charge is 0.494 e. The molecule has 4 rings (SSSR count). The molecule has 0 saturated carbocycles. The second-order valence-corrected chi connectivity index (χ2v) is 6.86. The highest BCUT2D eigenvalue weighted by molar-refractivity contribution is 6.19. The van der Waals surface area contributed by atoms with E-state index in [1.165, 1.54) is 0 Å². The molecule has 0 aliphatic carbocycles. The van der Waals surface area contributed by atoms with Gasteiger partial charge in [0.2, 0.25) is 5.78 Å². The van der Waals surface area contributed by atoms with Crippen molar-refractivity contribution in [3.05, 3.63) is 95.2 Å². The van der Waals surface area contributed by atoms with Gasteiger partial charge in [-0.2, -0.15) is 0 Å². The van der Waals surface area contributed by atoms with Crippen LogP contribution in [0.3, 0.4) is 0 Å². The van der Waals surface area contributed by atoms with Gasteiger partial charge in [0.15, 0.2) is 5.76 Å². The van der Waals surface area contributed by atoms with Crippen LogP contribution < -0.4 is 10.1 Å². The molecule has 0 radical (unpaired) electrons. The molecule has 0 saturated heterocycles. The lowest BCUT2D eigenvalue weighted by molar-refractivity contribution is 0.101. The fourth-order valence-electron chi connectivity index (χ4n) is 3.34. The van der Waals surface area contributed by atoms with Gasteiger partial charge in [-0.3, -0.25) is 9.59 Å². The number of furan rings is 1. The maximum Gasteiger partial charge on any atom is 0.256 e. The summed E-state index contributed by atoms with van der Waals surface area (Å²) in [5.41, 5.74) is 2.75. The number of carbonyl (C=O) groups excluding carboxylic acids is 2. The number of rotatable bonds is 6. The van der Waals surface area contributed by atoms with E-state index in [9.17, 15) is 9.59 Å². The van der Waals surface area contributed by atoms with Gasteiger partial charge < -0.3 is 14.5 Å². The summed E-state index contributed by atoms with van der Waals surface area (Å²) >= 11 is 0. The van der Waals surface area contributed by atoms with E-state index in [-0.39, 0.29) is 17.5 Å². The van der Waals surface area contributed by atoms with Crippen LogP contribution in [0.2, 0.25) is 0 Å². The van der Waals surface area contributed by atoms with Crippen LogP contribution >= 0.6 is 0 Å². The number of fused-ring (bicyclic) bond motifs is 1. The molecule has 0 atom stereocenters.